The van der Waals surface area contributed by atoms with Gasteiger partial charge in [0.25, 0.3) is 5.91 Å². The van der Waals surface area contributed by atoms with Gasteiger partial charge in [-0.1, -0.05) is 6.07 Å². The largest absolute Gasteiger partial charge is 0.384 e. The van der Waals surface area contributed by atoms with Gasteiger partial charge in [0.05, 0.1) is 0 Å². The second-order valence-corrected chi connectivity index (χ2v) is 3.02. The summed E-state index contributed by atoms with van der Waals surface area (Å²) in [6.45, 7) is 0.947. The van der Waals surface area contributed by atoms with Gasteiger partial charge in [0, 0.05) is 17.8 Å². The average molecular weight is 177 g/mol. The lowest BCUT2D eigenvalue weighted by atomic mass is 10.1. The molecule has 0 spiro atoms. The van der Waals surface area contributed by atoms with Crippen LogP contribution < -0.4 is 16.6 Å². The van der Waals surface area contributed by atoms with Crippen molar-refractivity contribution in [2.24, 2.45) is 5.84 Å². The SMILES string of the molecule is NNC(=O)c1ccc2c(c1)NCC2. The van der Waals surface area contributed by atoms with E-state index in [1.807, 2.05) is 12.1 Å². The van der Waals surface area contributed by atoms with Crippen LogP contribution in [0.1, 0.15) is 15.9 Å². The molecule has 4 heteroatoms. The molecule has 13 heavy (non-hydrogen) atoms. The molecule has 0 fully saturated rings. The topological polar surface area (TPSA) is 67.1 Å². The van der Waals surface area contributed by atoms with Crippen molar-refractivity contribution in [2.75, 3.05) is 11.9 Å². The van der Waals surface area contributed by atoms with Crippen molar-refractivity contribution in [3.63, 3.8) is 0 Å². The minimum Gasteiger partial charge on any atom is -0.384 e. The van der Waals surface area contributed by atoms with Crippen molar-refractivity contribution in [1.82, 2.24) is 5.43 Å². The Balaban J connectivity index is 2.36. The van der Waals surface area contributed by atoms with Crippen LogP contribution >= 0.6 is 0 Å². The zero-order chi connectivity index (χ0) is 9.26. The number of rotatable bonds is 1. The predicted octanol–water partition coefficient (Wildman–Crippen LogP) is 0.258. The van der Waals surface area contributed by atoms with Crippen LogP contribution in [0.2, 0.25) is 0 Å². The number of hydrogen-bond acceptors (Lipinski definition) is 3. The van der Waals surface area contributed by atoms with E-state index >= 15 is 0 Å². The highest BCUT2D eigenvalue weighted by atomic mass is 16.2. The van der Waals surface area contributed by atoms with Crippen LogP contribution in [0.25, 0.3) is 0 Å². The predicted molar refractivity (Wildman–Crippen MR) is 50.3 cm³/mol. The van der Waals surface area contributed by atoms with Gasteiger partial charge in [-0.3, -0.25) is 10.2 Å². The Hall–Kier alpha value is -1.55. The van der Waals surface area contributed by atoms with E-state index in [9.17, 15) is 4.79 Å². The molecule has 4 N–H and O–H groups in total. The number of carbonyl (C=O) groups excluding carboxylic acids is 1. The number of anilines is 1. The van der Waals surface area contributed by atoms with Crippen LogP contribution in [0.15, 0.2) is 18.2 Å². The monoisotopic (exact) mass is 177 g/mol. The van der Waals surface area contributed by atoms with Gasteiger partial charge in [-0.25, -0.2) is 5.84 Å². The fourth-order valence-corrected chi connectivity index (χ4v) is 1.52. The molecule has 0 bridgehead atoms. The summed E-state index contributed by atoms with van der Waals surface area (Å²) >= 11 is 0. The van der Waals surface area contributed by atoms with Crippen molar-refractivity contribution in [3.8, 4) is 0 Å². The van der Waals surface area contributed by atoms with Crippen molar-refractivity contribution in [1.29, 1.82) is 0 Å². The van der Waals surface area contributed by atoms with Gasteiger partial charge in [0.2, 0.25) is 0 Å². The van der Waals surface area contributed by atoms with Crippen molar-refractivity contribution >= 4 is 11.6 Å². The fraction of sp³-hybridized carbons (Fsp3) is 0.222. The van der Waals surface area contributed by atoms with Crippen LogP contribution in [-0.4, -0.2) is 12.5 Å². The summed E-state index contributed by atoms with van der Waals surface area (Å²) in [7, 11) is 0. The summed E-state index contributed by atoms with van der Waals surface area (Å²) in [6, 6.07) is 5.57. The summed E-state index contributed by atoms with van der Waals surface area (Å²) in [5.74, 6) is 4.78. The normalized spacial score (nSPS) is 13.3. The maximum Gasteiger partial charge on any atom is 0.265 e. The van der Waals surface area contributed by atoms with Gasteiger partial charge < -0.3 is 5.32 Å². The summed E-state index contributed by atoms with van der Waals surface area (Å²) < 4.78 is 0. The second-order valence-electron chi connectivity index (χ2n) is 3.02. The maximum absolute atomic E-state index is 11.1. The highest BCUT2D eigenvalue weighted by Crippen LogP contribution is 2.22. The van der Waals surface area contributed by atoms with Crippen molar-refractivity contribution in [3.05, 3.63) is 29.3 Å². The minimum atomic E-state index is -0.253. The van der Waals surface area contributed by atoms with Gasteiger partial charge in [-0.15, -0.1) is 0 Å². The van der Waals surface area contributed by atoms with E-state index in [1.165, 1.54) is 5.56 Å². The summed E-state index contributed by atoms with van der Waals surface area (Å²) in [5.41, 5.74) is 5.00. The van der Waals surface area contributed by atoms with Crippen LogP contribution in [0, 0.1) is 0 Å². The molecule has 0 unspecified atom stereocenters. The molecule has 0 saturated carbocycles. The molecular formula is C9H11N3O. The van der Waals surface area contributed by atoms with E-state index in [-0.39, 0.29) is 5.91 Å². The molecule has 0 aliphatic carbocycles. The minimum absolute atomic E-state index is 0.253. The van der Waals surface area contributed by atoms with Gasteiger partial charge in [-0.2, -0.15) is 0 Å². The van der Waals surface area contributed by atoms with Gasteiger partial charge in [0.1, 0.15) is 0 Å². The number of nitrogen functional groups attached to an aromatic ring is 1. The third-order valence-electron chi connectivity index (χ3n) is 2.21. The molecule has 1 heterocycles. The third kappa shape index (κ3) is 1.36. The third-order valence-corrected chi connectivity index (χ3v) is 2.21. The molecule has 1 aliphatic heterocycles. The average Bonchev–Trinajstić information content (AvgIpc) is 2.63. The lowest BCUT2D eigenvalue weighted by Gasteiger charge is -2.03. The number of benzene rings is 1. The van der Waals surface area contributed by atoms with E-state index in [2.05, 4.69) is 10.7 Å². The van der Waals surface area contributed by atoms with Crippen LogP contribution in [0.5, 0.6) is 0 Å². The van der Waals surface area contributed by atoms with Gasteiger partial charge in [0.15, 0.2) is 0 Å². The number of amides is 1. The lowest BCUT2D eigenvalue weighted by Crippen LogP contribution is -2.29. The summed E-state index contributed by atoms with van der Waals surface area (Å²) in [4.78, 5) is 11.1. The fourth-order valence-electron chi connectivity index (χ4n) is 1.52. The Kier molecular flexibility index (Phi) is 1.90. The van der Waals surface area contributed by atoms with E-state index in [0.717, 1.165) is 18.7 Å². The molecule has 0 aromatic heterocycles. The number of nitrogens with one attached hydrogen (secondary N) is 2. The first-order valence-corrected chi connectivity index (χ1v) is 4.19. The number of hydrazine groups is 1. The van der Waals surface area contributed by atoms with Crippen LogP contribution in [-0.2, 0) is 6.42 Å². The molecule has 68 valence electrons. The molecule has 1 aliphatic rings. The van der Waals surface area contributed by atoms with E-state index in [4.69, 9.17) is 5.84 Å². The van der Waals surface area contributed by atoms with E-state index in [0.29, 0.717) is 5.56 Å². The summed E-state index contributed by atoms with van der Waals surface area (Å²) in [5, 5.41) is 3.20. The zero-order valence-corrected chi connectivity index (χ0v) is 7.13. The Morgan fingerprint density at radius 3 is 3.15 bits per heavy atom. The highest BCUT2D eigenvalue weighted by molar-refractivity contribution is 5.95. The van der Waals surface area contributed by atoms with Crippen molar-refractivity contribution in [2.45, 2.75) is 6.42 Å². The number of carbonyl (C=O) groups is 1. The first kappa shape index (κ1) is 8.07. The quantitative estimate of drug-likeness (QED) is 0.327. The number of fused-ring (bicyclic) bond motifs is 1. The van der Waals surface area contributed by atoms with Gasteiger partial charge in [-0.05, 0) is 24.1 Å². The molecule has 0 saturated heterocycles. The standard InChI is InChI=1S/C9H11N3O/c10-12-9(13)7-2-1-6-3-4-11-8(6)5-7/h1-2,5,11H,3-4,10H2,(H,12,13). The Morgan fingerprint density at radius 2 is 2.38 bits per heavy atom. The second kappa shape index (κ2) is 3.06. The molecule has 0 atom stereocenters. The summed E-state index contributed by atoms with van der Waals surface area (Å²) in [6.07, 6.45) is 1.03. The first-order valence-electron chi connectivity index (χ1n) is 4.19. The maximum atomic E-state index is 11.1. The Morgan fingerprint density at radius 1 is 1.54 bits per heavy atom. The Bertz CT molecular complexity index is 349. The number of hydrogen-bond donors (Lipinski definition) is 3. The van der Waals surface area contributed by atoms with Crippen LogP contribution in [0.3, 0.4) is 0 Å². The van der Waals surface area contributed by atoms with Crippen LogP contribution in [0.4, 0.5) is 5.69 Å². The molecule has 1 aromatic rings. The highest BCUT2D eigenvalue weighted by Gasteiger charge is 2.12. The van der Waals surface area contributed by atoms with E-state index < -0.39 is 0 Å². The number of nitrogens with two attached hydrogens (primary N) is 1. The Labute approximate surface area is 76.1 Å². The zero-order valence-electron chi connectivity index (χ0n) is 7.13. The molecule has 1 aromatic carbocycles. The smallest absolute Gasteiger partial charge is 0.265 e. The molecule has 1 amide bonds. The molecule has 4 nitrogen and oxygen atoms in total. The first-order chi connectivity index (χ1) is 6.31. The van der Waals surface area contributed by atoms with Crippen molar-refractivity contribution < 1.29 is 4.79 Å². The molecule has 2 rings (SSSR count). The van der Waals surface area contributed by atoms with E-state index in [1.54, 1.807) is 6.07 Å². The lowest BCUT2D eigenvalue weighted by molar-refractivity contribution is 0.0953. The molecular weight excluding hydrogens is 166 g/mol. The van der Waals surface area contributed by atoms with Gasteiger partial charge >= 0.3 is 0 Å². The molecule has 0 radical (unpaired) electrons.